The van der Waals surface area contributed by atoms with E-state index in [-0.39, 0.29) is 6.61 Å². The molecule has 1 unspecified atom stereocenters. The minimum Gasteiger partial charge on any atom is -0.493 e. The smallest absolute Gasteiger partial charge is 0.320 e. The van der Waals surface area contributed by atoms with Gasteiger partial charge in [-0.15, -0.1) is 0 Å². The Morgan fingerprint density at radius 1 is 1.21 bits per heavy atom. The van der Waals surface area contributed by atoms with Crippen LogP contribution in [0.4, 0.5) is 0 Å². The molecule has 0 fully saturated rings. The molecule has 0 aliphatic heterocycles. The fourth-order valence-electron chi connectivity index (χ4n) is 2.59. The second-order valence-electron chi connectivity index (χ2n) is 6.19. The van der Waals surface area contributed by atoms with Gasteiger partial charge in [0.1, 0.15) is 12.6 Å². The van der Waals surface area contributed by atoms with Gasteiger partial charge in [0, 0.05) is 22.2 Å². The van der Waals surface area contributed by atoms with Gasteiger partial charge < -0.3 is 19.9 Å². The molecule has 29 heavy (non-hydrogen) atoms. The third kappa shape index (κ3) is 7.15. The van der Waals surface area contributed by atoms with Crippen molar-refractivity contribution < 1.29 is 19.4 Å². The molecule has 0 heterocycles. The number of carboxylic acid groups (broad SMARTS) is 1. The number of methoxy groups -OCH3 is 1. The number of hydrogen-bond donors (Lipinski definition) is 2. The van der Waals surface area contributed by atoms with Crippen molar-refractivity contribution in [2.45, 2.75) is 25.6 Å². The lowest BCUT2D eigenvalue weighted by Gasteiger charge is -2.17. The fraction of sp³-hybridized carbons (Fsp3) is 0.350. The Morgan fingerprint density at radius 3 is 2.59 bits per heavy atom. The van der Waals surface area contributed by atoms with Gasteiger partial charge in [0.25, 0.3) is 0 Å². The molecule has 0 aromatic heterocycles. The highest BCUT2D eigenvalue weighted by atomic mass is 35.5. The van der Waals surface area contributed by atoms with Gasteiger partial charge in [0.05, 0.1) is 12.1 Å². The number of halogens is 3. The summed E-state index contributed by atoms with van der Waals surface area (Å²) in [6.07, 6.45) is 2.48. The predicted molar refractivity (Wildman–Crippen MR) is 120 cm³/mol. The van der Waals surface area contributed by atoms with Crippen LogP contribution in [0.5, 0.6) is 11.5 Å². The van der Waals surface area contributed by atoms with Crippen LogP contribution in [0.2, 0.25) is 15.1 Å². The zero-order valence-electron chi connectivity index (χ0n) is 16.0. The topological polar surface area (TPSA) is 67.8 Å². The van der Waals surface area contributed by atoms with Crippen molar-refractivity contribution in [1.29, 1.82) is 0 Å². The van der Waals surface area contributed by atoms with Gasteiger partial charge in [0.15, 0.2) is 11.5 Å². The van der Waals surface area contributed by atoms with Crippen LogP contribution in [0, 0.1) is 0 Å². The lowest BCUT2D eigenvalue weighted by atomic mass is 10.1. The molecule has 5 nitrogen and oxygen atoms in total. The van der Waals surface area contributed by atoms with Crippen molar-refractivity contribution in [3.8, 4) is 11.5 Å². The van der Waals surface area contributed by atoms with Crippen LogP contribution in [0.25, 0.3) is 0 Å². The van der Waals surface area contributed by atoms with E-state index in [9.17, 15) is 9.90 Å². The SMILES string of the molecule is COc1cc(CNC(CCSC)C(=O)O)cc(Cl)c1OCc1ccc(Cl)cc1Cl. The van der Waals surface area contributed by atoms with E-state index in [0.29, 0.717) is 39.5 Å². The number of ether oxygens (including phenoxy) is 2. The van der Waals surface area contributed by atoms with E-state index in [4.69, 9.17) is 44.3 Å². The van der Waals surface area contributed by atoms with Crippen molar-refractivity contribution in [3.05, 3.63) is 56.5 Å². The summed E-state index contributed by atoms with van der Waals surface area (Å²) in [6.45, 7) is 0.532. The maximum atomic E-state index is 11.4. The number of thioether (sulfide) groups is 1. The molecule has 158 valence electrons. The molecule has 2 aromatic carbocycles. The lowest BCUT2D eigenvalue weighted by Crippen LogP contribution is -2.36. The zero-order chi connectivity index (χ0) is 21.4. The molecular formula is C20H22Cl3NO4S. The summed E-state index contributed by atoms with van der Waals surface area (Å²) < 4.78 is 11.2. The van der Waals surface area contributed by atoms with Gasteiger partial charge in [-0.05, 0) is 48.3 Å². The Labute approximate surface area is 189 Å². The summed E-state index contributed by atoms with van der Waals surface area (Å²) in [5, 5.41) is 13.8. The lowest BCUT2D eigenvalue weighted by molar-refractivity contribution is -0.139. The first-order chi connectivity index (χ1) is 13.8. The van der Waals surface area contributed by atoms with E-state index in [1.807, 2.05) is 6.26 Å². The quantitative estimate of drug-likeness (QED) is 0.442. The molecule has 2 aromatic rings. The van der Waals surface area contributed by atoms with E-state index in [1.54, 1.807) is 42.1 Å². The van der Waals surface area contributed by atoms with Gasteiger partial charge in [-0.1, -0.05) is 40.9 Å². The van der Waals surface area contributed by atoms with Crippen molar-refractivity contribution in [3.63, 3.8) is 0 Å². The highest BCUT2D eigenvalue weighted by Crippen LogP contribution is 2.37. The van der Waals surface area contributed by atoms with Crippen molar-refractivity contribution in [2.75, 3.05) is 19.1 Å². The Morgan fingerprint density at radius 2 is 1.97 bits per heavy atom. The molecule has 0 saturated heterocycles. The van der Waals surface area contributed by atoms with E-state index >= 15 is 0 Å². The van der Waals surface area contributed by atoms with Gasteiger partial charge >= 0.3 is 5.97 Å². The van der Waals surface area contributed by atoms with Crippen LogP contribution < -0.4 is 14.8 Å². The molecule has 2 N–H and O–H groups in total. The highest BCUT2D eigenvalue weighted by Gasteiger charge is 2.18. The van der Waals surface area contributed by atoms with Crippen molar-refractivity contribution in [2.24, 2.45) is 0 Å². The van der Waals surface area contributed by atoms with Crippen LogP contribution in [-0.4, -0.2) is 36.2 Å². The standard InChI is InChI=1S/C20H22Cl3NO4S/c1-27-18-8-12(10-24-17(20(25)26)5-6-29-2)7-16(23)19(18)28-11-13-3-4-14(21)9-15(13)22/h3-4,7-9,17,24H,5-6,10-11H2,1-2H3,(H,25,26). The van der Waals surface area contributed by atoms with Crippen LogP contribution in [-0.2, 0) is 17.9 Å². The van der Waals surface area contributed by atoms with Gasteiger partial charge in [-0.2, -0.15) is 11.8 Å². The Bertz CT molecular complexity index is 851. The fourth-order valence-corrected chi connectivity index (χ4v) is 3.82. The molecular weight excluding hydrogens is 457 g/mol. The number of nitrogens with one attached hydrogen (secondary N) is 1. The third-order valence-corrected chi connectivity index (χ3v) is 5.65. The molecule has 0 amide bonds. The minimum absolute atomic E-state index is 0.194. The molecule has 0 bridgehead atoms. The first-order valence-corrected chi connectivity index (χ1v) is 11.3. The number of carbonyl (C=O) groups is 1. The normalized spacial score (nSPS) is 11.9. The maximum absolute atomic E-state index is 11.4. The molecule has 2 rings (SSSR count). The van der Waals surface area contributed by atoms with E-state index in [1.165, 1.54) is 7.11 Å². The van der Waals surface area contributed by atoms with Crippen LogP contribution >= 0.6 is 46.6 Å². The maximum Gasteiger partial charge on any atom is 0.320 e. The molecule has 0 radical (unpaired) electrons. The van der Waals surface area contributed by atoms with Crippen LogP contribution in [0.15, 0.2) is 30.3 Å². The molecule has 0 saturated carbocycles. The highest BCUT2D eigenvalue weighted by molar-refractivity contribution is 7.98. The number of rotatable bonds is 11. The predicted octanol–water partition coefficient (Wildman–Crippen LogP) is 5.53. The summed E-state index contributed by atoms with van der Waals surface area (Å²) in [7, 11) is 1.52. The number of aliphatic carboxylic acids is 1. The van der Waals surface area contributed by atoms with Gasteiger partial charge in [0.2, 0.25) is 0 Å². The first kappa shape index (κ1) is 24.0. The van der Waals surface area contributed by atoms with Crippen molar-refractivity contribution in [1.82, 2.24) is 5.32 Å². The van der Waals surface area contributed by atoms with E-state index in [0.717, 1.165) is 16.9 Å². The van der Waals surface area contributed by atoms with Gasteiger partial charge in [-0.3, -0.25) is 4.79 Å². The van der Waals surface area contributed by atoms with Crippen LogP contribution in [0.3, 0.4) is 0 Å². The second kappa shape index (κ2) is 11.8. The molecule has 1 atom stereocenters. The van der Waals surface area contributed by atoms with E-state index < -0.39 is 12.0 Å². The summed E-state index contributed by atoms with van der Waals surface area (Å²) in [5.41, 5.74) is 1.55. The first-order valence-electron chi connectivity index (χ1n) is 8.74. The Balaban J connectivity index is 2.10. The monoisotopic (exact) mass is 477 g/mol. The molecule has 0 aliphatic rings. The molecule has 9 heteroatoms. The second-order valence-corrected chi connectivity index (χ2v) is 8.42. The summed E-state index contributed by atoms with van der Waals surface area (Å²) >= 11 is 20.1. The average molecular weight is 479 g/mol. The number of hydrogen-bond acceptors (Lipinski definition) is 5. The Kier molecular flexibility index (Phi) is 9.72. The molecule has 0 spiro atoms. The van der Waals surface area contributed by atoms with Crippen LogP contribution in [0.1, 0.15) is 17.5 Å². The summed E-state index contributed by atoms with van der Waals surface area (Å²) in [4.78, 5) is 11.4. The largest absolute Gasteiger partial charge is 0.493 e. The number of benzene rings is 2. The summed E-state index contributed by atoms with van der Waals surface area (Å²) in [5.74, 6) is 0.724. The average Bonchev–Trinajstić information content (AvgIpc) is 2.67. The number of carboxylic acids is 1. The zero-order valence-corrected chi connectivity index (χ0v) is 19.1. The van der Waals surface area contributed by atoms with Crippen molar-refractivity contribution >= 4 is 52.5 Å². The van der Waals surface area contributed by atoms with Gasteiger partial charge in [-0.25, -0.2) is 0 Å². The minimum atomic E-state index is -0.878. The molecule has 0 aliphatic carbocycles. The Hall–Kier alpha value is -1.31. The summed E-state index contributed by atoms with van der Waals surface area (Å²) in [6, 6.07) is 8.02. The van der Waals surface area contributed by atoms with E-state index in [2.05, 4.69) is 5.32 Å². The third-order valence-electron chi connectivity index (χ3n) is 4.14.